The van der Waals surface area contributed by atoms with Crippen molar-refractivity contribution in [2.24, 2.45) is 0 Å². The Morgan fingerprint density at radius 3 is 3.00 bits per heavy atom. The molecule has 0 saturated carbocycles. The Morgan fingerprint density at radius 1 is 1.60 bits per heavy atom. The smallest absolute Gasteiger partial charge is 0.284 e. The van der Waals surface area contributed by atoms with Gasteiger partial charge in [-0.15, -0.1) is 0 Å². The number of nitro benzene ring substituents is 1. The van der Waals surface area contributed by atoms with Gasteiger partial charge < -0.3 is 9.64 Å². The Balaban J connectivity index is 2.33. The largest absolute Gasteiger partial charge is 0.377 e. The number of carbonyl (C=O) groups is 1. The fourth-order valence-corrected chi connectivity index (χ4v) is 2.82. The number of amides is 1. The van der Waals surface area contributed by atoms with E-state index in [0.29, 0.717) is 25.3 Å². The maximum absolute atomic E-state index is 12.6. The van der Waals surface area contributed by atoms with Crippen LogP contribution in [0.4, 0.5) is 5.69 Å². The lowest BCUT2D eigenvalue weighted by Gasteiger charge is -2.35. The molecule has 1 unspecified atom stereocenters. The molecule has 0 N–H and O–H groups in total. The zero-order chi connectivity index (χ0) is 14.7. The lowest BCUT2D eigenvalue weighted by Crippen LogP contribution is -2.48. The quantitative estimate of drug-likeness (QED) is 0.625. The van der Waals surface area contributed by atoms with Gasteiger partial charge in [0.2, 0.25) is 0 Å². The van der Waals surface area contributed by atoms with E-state index in [2.05, 4.69) is 15.9 Å². The van der Waals surface area contributed by atoms with Gasteiger partial charge in [-0.05, 0) is 28.4 Å². The molecular weight excluding hydrogens is 328 g/mol. The second kappa shape index (κ2) is 6.32. The molecule has 6 nitrogen and oxygen atoms in total. The molecule has 1 aliphatic rings. The summed E-state index contributed by atoms with van der Waals surface area (Å²) in [6.45, 7) is 3.50. The average molecular weight is 343 g/mol. The summed E-state index contributed by atoms with van der Waals surface area (Å²) in [5, 5.41) is 10.9. The third-order valence-corrected chi connectivity index (χ3v) is 4.20. The van der Waals surface area contributed by atoms with E-state index in [1.807, 2.05) is 6.92 Å². The molecule has 0 radical (unpaired) electrons. The van der Waals surface area contributed by atoms with E-state index < -0.39 is 4.92 Å². The van der Waals surface area contributed by atoms with Crippen LogP contribution in [0.15, 0.2) is 22.7 Å². The number of morpholine rings is 1. The molecule has 7 heteroatoms. The summed E-state index contributed by atoms with van der Waals surface area (Å²) in [5.74, 6) is -0.198. The van der Waals surface area contributed by atoms with Gasteiger partial charge in [-0.3, -0.25) is 14.9 Å². The second-order valence-corrected chi connectivity index (χ2v) is 5.32. The first-order chi connectivity index (χ1) is 9.56. The van der Waals surface area contributed by atoms with Crippen LogP contribution in [0.2, 0.25) is 0 Å². The highest BCUT2D eigenvalue weighted by Gasteiger charge is 2.29. The van der Waals surface area contributed by atoms with E-state index in [9.17, 15) is 14.9 Å². The van der Waals surface area contributed by atoms with Crippen LogP contribution in [0.25, 0.3) is 0 Å². The van der Waals surface area contributed by atoms with Gasteiger partial charge in [-0.2, -0.15) is 0 Å². The van der Waals surface area contributed by atoms with Crippen LogP contribution in [-0.4, -0.2) is 41.5 Å². The molecule has 108 valence electrons. The fraction of sp³-hybridized carbons (Fsp3) is 0.462. The molecule has 1 heterocycles. The molecule has 0 spiro atoms. The minimum atomic E-state index is -0.502. The minimum Gasteiger partial charge on any atom is -0.377 e. The van der Waals surface area contributed by atoms with E-state index in [1.165, 1.54) is 12.1 Å². The van der Waals surface area contributed by atoms with Gasteiger partial charge >= 0.3 is 0 Å². The van der Waals surface area contributed by atoms with E-state index in [1.54, 1.807) is 11.0 Å². The van der Waals surface area contributed by atoms with E-state index in [4.69, 9.17) is 4.74 Å². The maximum atomic E-state index is 12.6. The van der Waals surface area contributed by atoms with Crippen molar-refractivity contribution in [3.8, 4) is 0 Å². The van der Waals surface area contributed by atoms with Crippen LogP contribution in [0.3, 0.4) is 0 Å². The number of carbonyl (C=O) groups excluding carboxylic acids is 1. The van der Waals surface area contributed by atoms with Gasteiger partial charge in [0.25, 0.3) is 11.6 Å². The summed E-state index contributed by atoms with van der Waals surface area (Å²) >= 11 is 3.17. The van der Waals surface area contributed by atoms with Crippen molar-refractivity contribution >= 4 is 27.5 Å². The predicted molar refractivity (Wildman–Crippen MR) is 76.7 cm³/mol. The van der Waals surface area contributed by atoms with Crippen molar-refractivity contribution < 1.29 is 14.5 Å². The Bertz CT molecular complexity index is 535. The number of ether oxygens (including phenoxy) is 1. The minimum absolute atomic E-state index is 0.0161. The van der Waals surface area contributed by atoms with Gasteiger partial charge in [0, 0.05) is 12.6 Å². The molecular formula is C13H15BrN2O4. The van der Waals surface area contributed by atoms with Gasteiger partial charge in [0.1, 0.15) is 4.47 Å². The van der Waals surface area contributed by atoms with Crippen LogP contribution < -0.4 is 0 Å². The predicted octanol–water partition coefficient (Wildman–Crippen LogP) is 2.61. The average Bonchev–Trinajstić information content (AvgIpc) is 2.46. The third kappa shape index (κ3) is 2.83. The lowest BCUT2D eigenvalue weighted by atomic mass is 10.1. The SMILES string of the molecule is CCC1COCCN1C(=O)c1cccc([N+](=O)[O-])c1Br. The summed E-state index contributed by atoms with van der Waals surface area (Å²) in [4.78, 5) is 24.7. The summed E-state index contributed by atoms with van der Waals surface area (Å²) in [6.07, 6.45) is 0.790. The number of nitrogens with zero attached hydrogens (tertiary/aromatic N) is 2. The highest BCUT2D eigenvalue weighted by Crippen LogP contribution is 2.30. The molecule has 0 bridgehead atoms. The molecule has 1 saturated heterocycles. The van der Waals surface area contributed by atoms with Crippen molar-refractivity contribution in [1.82, 2.24) is 4.90 Å². The third-order valence-electron chi connectivity index (χ3n) is 3.37. The zero-order valence-corrected chi connectivity index (χ0v) is 12.6. The van der Waals surface area contributed by atoms with Crippen molar-refractivity contribution in [3.63, 3.8) is 0 Å². The highest BCUT2D eigenvalue weighted by molar-refractivity contribution is 9.10. The summed E-state index contributed by atoms with van der Waals surface area (Å²) in [5.41, 5.74) is 0.219. The molecule has 0 aromatic heterocycles. The van der Waals surface area contributed by atoms with Gasteiger partial charge in [-0.25, -0.2) is 0 Å². The fourth-order valence-electron chi connectivity index (χ4n) is 2.24. The molecule has 1 amide bonds. The number of benzene rings is 1. The number of rotatable bonds is 3. The first-order valence-electron chi connectivity index (χ1n) is 6.37. The molecule has 1 aromatic carbocycles. The number of hydrogen-bond donors (Lipinski definition) is 0. The molecule has 1 fully saturated rings. The topological polar surface area (TPSA) is 72.7 Å². The number of halogens is 1. The Kier molecular flexibility index (Phi) is 4.72. The first kappa shape index (κ1) is 14.9. The van der Waals surface area contributed by atoms with Gasteiger partial charge in [-0.1, -0.05) is 13.0 Å². The normalized spacial score (nSPS) is 18.9. The van der Waals surface area contributed by atoms with Gasteiger partial charge in [0.05, 0.1) is 29.7 Å². The van der Waals surface area contributed by atoms with Crippen molar-refractivity contribution in [2.75, 3.05) is 19.8 Å². The highest BCUT2D eigenvalue weighted by atomic mass is 79.9. The summed E-state index contributed by atoms with van der Waals surface area (Å²) < 4.78 is 5.60. The van der Waals surface area contributed by atoms with Gasteiger partial charge in [0.15, 0.2) is 0 Å². The van der Waals surface area contributed by atoms with E-state index in [-0.39, 0.29) is 22.1 Å². The van der Waals surface area contributed by atoms with Crippen LogP contribution in [0.1, 0.15) is 23.7 Å². The lowest BCUT2D eigenvalue weighted by molar-refractivity contribution is -0.385. The zero-order valence-electron chi connectivity index (χ0n) is 11.0. The standard InChI is InChI=1S/C13H15BrN2O4/c1-2-9-8-20-7-6-15(9)13(17)10-4-3-5-11(12(10)14)16(18)19/h3-5,9H,2,6-8H2,1H3. The molecule has 1 aromatic rings. The van der Waals surface area contributed by atoms with Crippen LogP contribution in [0.5, 0.6) is 0 Å². The molecule has 0 aliphatic carbocycles. The second-order valence-electron chi connectivity index (χ2n) is 4.53. The Labute approximate surface area is 125 Å². The number of hydrogen-bond acceptors (Lipinski definition) is 4. The van der Waals surface area contributed by atoms with Crippen LogP contribution in [-0.2, 0) is 4.74 Å². The maximum Gasteiger partial charge on any atom is 0.284 e. The van der Waals surface area contributed by atoms with Crippen LogP contribution in [0, 0.1) is 10.1 Å². The van der Waals surface area contributed by atoms with Crippen molar-refractivity contribution in [2.45, 2.75) is 19.4 Å². The summed E-state index contributed by atoms with van der Waals surface area (Å²) in [7, 11) is 0. The van der Waals surface area contributed by atoms with Crippen LogP contribution >= 0.6 is 15.9 Å². The van der Waals surface area contributed by atoms with Crippen molar-refractivity contribution in [1.29, 1.82) is 0 Å². The number of nitro groups is 1. The monoisotopic (exact) mass is 342 g/mol. The summed E-state index contributed by atoms with van der Waals surface area (Å²) in [6, 6.07) is 4.51. The molecule has 1 aliphatic heterocycles. The first-order valence-corrected chi connectivity index (χ1v) is 7.17. The molecule has 2 rings (SSSR count). The molecule has 20 heavy (non-hydrogen) atoms. The van der Waals surface area contributed by atoms with E-state index in [0.717, 1.165) is 6.42 Å². The Morgan fingerprint density at radius 2 is 2.35 bits per heavy atom. The molecule has 1 atom stereocenters. The van der Waals surface area contributed by atoms with E-state index >= 15 is 0 Å². The Hall–Kier alpha value is -1.47. The van der Waals surface area contributed by atoms with Crippen molar-refractivity contribution in [3.05, 3.63) is 38.3 Å².